The summed E-state index contributed by atoms with van der Waals surface area (Å²) in [6.07, 6.45) is -0.459. The molecule has 0 unspecified atom stereocenters. The van der Waals surface area contributed by atoms with E-state index >= 15 is 0 Å². The zero-order valence-electron chi connectivity index (χ0n) is 20.8. The molecule has 8 nitrogen and oxygen atoms in total. The fourth-order valence-electron chi connectivity index (χ4n) is 3.23. The number of amides is 1. The highest BCUT2D eigenvalue weighted by atomic mass is 35.5. The maximum absolute atomic E-state index is 14.6. The molecule has 1 heterocycles. The van der Waals surface area contributed by atoms with Gasteiger partial charge < -0.3 is 20.3 Å². The number of carbonyl (C=O) groups excluding carboxylic acids is 1. The summed E-state index contributed by atoms with van der Waals surface area (Å²) in [5.41, 5.74) is -1.59. The number of carbonyl (C=O) groups is 2. The number of carboxylic acid groups (broad SMARTS) is 1. The molecule has 0 saturated heterocycles. The highest BCUT2D eigenvalue weighted by molar-refractivity contribution is 6.35. The smallest absolute Gasteiger partial charge is 0.305 e. The van der Waals surface area contributed by atoms with E-state index in [4.69, 9.17) is 27.9 Å². The van der Waals surface area contributed by atoms with Crippen LogP contribution < -0.4 is 10.1 Å². The molecule has 3 N–H and O–H groups in total. The molecule has 0 radical (unpaired) electrons. The summed E-state index contributed by atoms with van der Waals surface area (Å²) >= 11 is 12.2. The molecule has 0 aliphatic heterocycles. The van der Waals surface area contributed by atoms with Crippen LogP contribution in [-0.4, -0.2) is 44.1 Å². The van der Waals surface area contributed by atoms with Crippen molar-refractivity contribution < 1.29 is 28.9 Å². The third-order valence-corrected chi connectivity index (χ3v) is 6.69. The van der Waals surface area contributed by atoms with E-state index in [9.17, 15) is 24.2 Å². The van der Waals surface area contributed by atoms with E-state index in [1.165, 1.54) is 42.5 Å². The zero-order chi connectivity index (χ0) is 27.5. The maximum atomic E-state index is 14.6. The van der Waals surface area contributed by atoms with Crippen molar-refractivity contribution in [3.63, 3.8) is 0 Å². The lowest BCUT2D eigenvalue weighted by molar-refractivity contribution is -0.137. The monoisotopic (exact) mass is 551 g/mol. The standard InChI is InChI=1S/C26H28Cl2FN3O5/c1-25(2,3)26(4,36)14-37-22-12-20(31-32(22)21-8-6-5-7-18(21)29)24(35)30-19(13-23(33)34)16-10-9-15(27)11-17(16)28/h5-12,19,36H,13-14H2,1-4H3,(H,30,35)(H,33,34)/t19-,26+/m0/s1. The van der Waals surface area contributed by atoms with E-state index in [-0.39, 0.29) is 28.9 Å². The summed E-state index contributed by atoms with van der Waals surface area (Å²) in [6.45, 7) is 6.96. The first-order valence-electron chi connectivity index (χ1n) is 11.4. The number of carboxylic acids is 1. The van der Waals surface area contributed by atoms with Gasteiger partial charge in [0.15, 0.2) is 5.69 Å². The Labute approximate surface area is 224 Å². The van der Waals surface area contributed by atoms with E-state index in [2.05, 4.69) is 10.4 Å². The second-order valence-electron chi connectivity index (χ2n) is 9.83. The van der Waals surface area contributed by atoms with Crippen molar-refractivity contribution in [3.05, 3.63) is 75.7 Å². The second-order valence-corrected chi connectivity index (χ2v) is 10.7. The number of aliphatic hydroxyl groups is 1. The third-order valence-electron chi connectivity index (χ3n) is 6.13. The van der Waals surface area contributed by atoms with Crippen molar-refractivity contribution in [2.75, 3.05) is 6.61 Å². The number of aromatic nitrogens is 2. The predicted octanol–water partition coefficient (Wildman–Crippen LogP) is 5.44. The summed E-state index contributed by atoms with van der Waals surface area (Å²) in [4.78, 5) is 24.7. The molecule has 198 valence electrons. The quantitative estimate of drug-likeness (QED) is 0.326. The normalized spacial score (nSPS) is 14.1. The largest absolute Gasteiger partial charge is 0.481 e. The van der Waals surface area contributed by atoms with Crippen LogP contribution in [0.15, 0.2) is 48.5 Å². The van der Waals surface area contributed by atoms with Gasteiger partial charge in [-0.05, 0) is 42.2 Å². The molecule has 2 aromatic carbocycles. The van der Waals surface area contributed by atoms with Crippen LogP contribution in [0, 0.1) is 11.2 Å². The Morgan fingerprint density at radius 2 is 1.81 bits per heavy atom. The minimum atomic E-state index is -1.27. The number of hydrogen-bond acceptors (Lipinski definition) is 5. The first-order valence-corrected chi connectivity index (χ1v) is 12.1. The highest BCUT2D eigenvalue weighted by Crippen LogP contribution is 2.32. The average Bonchev–Trinajstić information content (AvgIpc) is 3.21. The van der Waals surface area contributed by atoms with E-state index in [0.29, 0.717) is 10.6 Å². The molecule has 0 bridgehead atoms. The van der Waals surface area contributed by atoms with Crippen LogP contribution in [0.25, 0.3) is 5.69 Å². The van der Waals surface area contributed by atoms with Crippen molar-refractivity contribution >= 4 is 35.1 Å². The molecular weight excluding hydrogens is 524 g/mol. The van der Waals surface area contributed by atoms with Crippen LogP contribution in [0.5, 0.6) is 5.88 Å². The van der Waals surface area contributed by atoms with Crippen molar-refractivity contribution in [3.8, 4) is 11.6 Å². The van der Waals surface area contributed by atoms with Gasteiger partial charge in [-0.1, -0.05) is 62.2 Å². The summed E-state index contributed by atoms with van der Waals surface area (Å²) in [6, 6.07) is 10.6. The predicted molar refractivity (Wildman–Crippen MR) is 138 cm³/mol. The van der Waals surface area contributed by atoms with Crippen molar-refractivity contribution in [1.29, 1.82) is 0 Å². The number of benzene rings is 2. The highest BCUT2D eigenvalue weighted by Gasteiger charge is 2.36. The van der Waals surface area contributed by atoms with Gasteiger partial charge in [-0.15, -0.1) is 0 Å². The van der Waals surface area contributed by atoms with Gasteiger partial charge in [-0.25, -0.2) is 4.39 Å². The van der Waals surface area contributed by atoms with Gasteiger partial charge in [0, 0.05) is 16.1 Å². The van der Waals surface area contributed by atoms with Crippen LogP contribution in [0.2, 0.25) is 10.0 Å². The Morgan fingerprint density at radius 3 is 2.41 bits per heavy atom. The SMILES string of the molecule is CC(C)(C)[C@](C)(O)COc1cc(C(=O)N[C@@H](CC(=O)O)c2ccc(Cl)cc2Cl)nn1-c1ccccc1F. The lowest BCUT2D eigenvalue weighted by atomic mass is 9.78. The minimum Gasteiger partial charge on any atom is -0.481 e. The molecule has 3 aromatic rings. The summed E-state index contributed by atoms with van der Waals surface area (Å²) < 4.78 is 21.6. The molecular formula is C26H28Cl2FN3O5. The van der Waals surface area contributed by atoms with E-state index in [0.717, 1.165) is 4.68 Å². The maximum Gasteiger partial charge on any atom is 0.305 e. The van der Waals surface area contributed by atoms with Gasteiger partial charge in [0.1, 0.15) is 23.7 Å². The molecule has 1 aromatic heterocycles. The zero-order valence-corrected chi connectivity index (χ0v) is 22.3. The summed E-state index contributed by atoms with van der Waals surface area (Å²) in [5, 5.41) is 27.6. The van der Waals surface area contributed by atoms with Gasteiger partial charge in [-0.3, -0.25) is 9.59 Å². The lowest BCUT2D eigenvalue weighted by Gasteiger charge is -2.36. The Hall–Kier alpha value is -3.14. The van der Waals surface area contributed by atoms with Crippen molar-refractivity contribution in [2.24, 2.45) is 5.41 Å². The van der Waals surface area contributed by atoms with Crippen LogP contribution in [0.1, 0.15) is 56.2 Å². The number of aliphatic carboxylic acids is 1. The summed E-state index contributed by atoms with van der Waals surface area (Å²) in [7, 11) is 0. The van der Waals surface area contributed by atoms with Gasteiger partial charge in [0.2, 0.25) is 5.88 Å². The molecule has 3 rings (SSSR count). The van der Waals surface area contributed by atoms with Crippen molar-refractivity contribution in [2.45, 2.75) is 45.8 Å². The second kappa shape index (κ2) is 11.1. The van der Waals surface area contributed by atoms with Crippen molar-refractivity contribution in [1.82, 2.24) is 15.1 Å². The van der Waals surface area contributed by atoms with Crippen LogP contribution in [0.3, 0.4) is 0 Å². The number of ether oxygens (including phenoxy) is 1. The average molecular weight is 552 g/mol. The first kappa shape index (κ1) is 28.4. The number of para-hydroxylation sites is 1. The fraction of sp³-hybridized carbons (Fsp3) is 0.346. The Bertz CT molecular complexity index is 1300. The molecule has 2 atom stereocenters. The number of rotatable bonds is 9. The number of hydrogen-bond donors (Lipinski definition) is 3. The molecule has 0 fully saturated rings. The first-order chi connectivity index (χ1) is 17.2. The number of nitrogens with zero attached hydrogens (tertiary/aromatic N) is 2. The fourth-order valence-corrected chi connectivity index (χ4v) is 3.77. The van der Waals surface area contributed by atoms with Crippen LogP contribution in [0.4, 0.5) is 4.39 Å². The van der Waals surface area contributed by atoms with Gasteiger partial charge in [0.25, 0.3) is 5.91 Å². The van der Waals surface area contributed by atoms with E-state index in [1.54, 1.807) is 13.0 Å². The topological polar surface area (TPSA) is 114 Å². The Balaban J connectivity index is 1.97. The van der Waals surface area contributed by atoms with Gasteiger partial charge in [-0.2, -0.15) is 9.78 Å². The van der Waals surface area contributed by atoms with E-state index < -0.39 is 41.2 Å². The molecule has 37 heavy (non-hydrogen) atoms. The van der Waals surface area contributed by atoms with E-state index in [1.807, 2.05) is 20.8 Å². The molecule has 0 saturated carbocycles. The molecule has 11 heteroatoms. The molecule has 1 amide bonds. The number of nitrogens with one attached hydrogen (secondary N) is 1. The molecule has 0 aliphatic carbocycles. The Morgan fingerprint density at radius 1 is 1.14 bits per heavy atom. The summed E-state index contributed by atoms with van der Waals surface area (Å²) in [5.74, 6) is -2.50. The molecule has 0 aliphatic rings. The van der Waals surface area contributed by atoms with Gasteiger partial charge in [0.05, 0.1) is 12.5 Å². The number of halogens is 3. The van der Waals surface area contributed by atoms with Crippen LogP contribution >= 0.6 is 23.2 Å². The minimum absolute atomic E-state index is 0.0130. The molecule has 0 spiro atoms. The Kier molecular flexibility index (Phi) is 8.52. The van der Waals surface area contributed by atoms with Crippen LogP contribution in [-0.2, 0) is 4.79 Å². The lowest BCUT2D eigenvalue weighted by Crippen LogP contribution is -2.45. The van der Waals surface area contributed by atoms with Gasteiger partial charge >= 0.3 is 5.97 Å². The third kappa shape index (κ3) is 6.80.